The van der Waals surface area contributed by atoms with E-state index in [9.17, 15) is 32.5 Å². The lowest BCUT2D eigenvalue weighted by atomic mass is 10.1. The molecule has 0 bridgehead atoms. The molecular weight excluding hydrogens is 440 g/mol. The van der Waals surface area contributed by atoms with E-state index in [2.05, 4.69) is 15.9 Å². The number of rotatable bonds is 5. The summed E-state index contributed by atoms with van der Waals surface area (Å²) < 4.78 is 58.7. The van der Waals surface area contributed by atoms with Crippen LogP contribution in [0.5, 0.6) is 5.75 Å². The maximum atomic E-state index is 13.7. The van der Waals surface area contributed by atoms with Gasteiger partial charge in [-0.15, -0.1) is 0 Å². The Morgan fingerprint density at radius 1 is 1.26 bits per heavy atom. The highest BCUT2D eigenvalue weighted by atomic mass is 79.9. The van der Waals surface area contributed by atoms with Crippen molar-refractivity contribution < 1.29 is 32.0 Å². The Balaban J connectivity index is 2.22. The third-order valence-electron chi connectivity index (χ3n) is 3.34. The molecule has 0 radical (unpaired) electrons. The van der Waals surface area contributed by atoms with E-state index >= 15 is 0 Å². The predicted octanol–water partition coefficient (Wildman–Crippen LogP) is 4.92. The summed E-state index contributed by atoms with van der Waals surface area (Å²) in [6, 6.07) is 5.71. The minimum atomic E-state index is -4.93. The first-order chi connectivity index (χ1) is 12.5. The number of carbonyl (C=O) groups excluding carboxylic acids is 1. The lowest BCUT2D eigenvalue weighted by Crippen LogP contribution is -2.31. The molecule has 0 heterocycles. The van der Waals surface area contributed by atoms with Crippen LogP contribution in [-0.4, -0.2) is 16.9 Å². The minimum absolute atomic E-state index is 0.263. The van der Waals surface area contributed by atoms with Crippen molar-refractivity contribution in [3.63, 3.8) is 0 Å². The number of hydrogen-bond acceptors (Lipinski definition) is 4. The van der Waals surface area contributed by atoms with Gasteiger partial charge in [0.25, 0.3) is 11.6 Å². The minimum Gasteiger partial charge on any atom is -0.478 e. The van der Waals surface area contributed by atoms with Crippen molar-refractivity contribution in [3.8, 4) is 5.75 Å². The van der Waals surface area contributed by atoms with Crippen molar-refractivity contribution >= 4 is 33.2 Å². The highest BCUT2D eigenvalue weighted by molar-refractivity contribution is 9.10. The number of carbonyl (C=O) groups is 1. The van der Waals surface area contributed by atoms with Crippen LogP contribution in [0.15, 0.2) is 40.9 Å². The molecule has 1 amide bonds. The highest BCUT2D eigenvalue weighted by Gasteiger charge is 2.36. The number of halogens is 5. The molecule has 6 nitrogen and oxygen atoms in total. The Hall–Kier alpha value is -2.69. The average molecular weight is 451 g/mol. The third kappa shape index (κ3) is 5.16. The van der Waals surface area contributed by atoms with Gasteiger partial charge in [-0.1, -0.05) is 15.9 Å². The Bertz CT molecular complexity index is 889. The van der Waals surface area contributed by atoms with Gasteiger partial charge in [-0.2, -0.15) is 13.2 Å². The number of alkyl halides is 3. The van der Waals surface area contributed by atoms with E-state index in [-0.39, 0.29) is 5.75 Å². The van der Waals surface area contributed by atoms with E-state index in [1.54, 1.807) is 0 Å². The zero-order valence-corrected chi connectivity index (χ0v) is 15.1. The van der Waals surface area contributed by atoms with Gasteiger partial charge in [-0.25, -0.2) is 4.39 Å². The van der Waals surface area contributed by atoms with Gasteiger partial charge in [0.15, 0.2) is 17.7 Å². The summed E-state index contributed by atoms with van der Waals surface area (Å²) in [6.07, 6.45) is -6.27. The SMILES string of the molecule is C[C@H](Oc1ccc(Br)cc1F)C(=O)Nc1ccc([N+](=O)[O-])cc1C(F)(F)F. The second kappa shape index (κ2) is 7.91. The van der Waals surface area contributed by atoms with E-state index in [0.717, 1.165) is 18.2 Å². The topological polar surface area (TPSA) is 81.5 Å². The zero-order valence-electron chi connectivity index (χ0n) is 13.5. The first kappa shape index (κ1) is 20.6. The fourth-order valence-corrected chi connectivity index (χ4v) is 2.37. The largest absolute Gasteiger partial charge is 0.478 e. The Morgan fingerprint density at radius 3 is 2.48 bits per heavy atom. The molecule has 2 aromatic carbocycles. The monoisotopic (exact) mass is 450 g/mol. The van der Waals surface area contributed by atoms with Crippen molar-refractivity contribution in [2.24, 2.45) is 0 Å². The van der Waals surface area contributed by atoms with Crippen LogP contribution >= 0.6 is 15.9 Å². The van der Waals surface area contributed by atoms with Gasteiger partial charge >= 0.3 is 6.18 Å². The van der Waals surface area contributed by atoms with Gasteiger partial charge in [-0.05, 0) is 31.2 Å². The highest BCUT2D eigenvalue weighted by Crippen LogP contribution is 2.37. The van der Waals surface area contributed by atoms with Crippen LogP contribution in [0, 0.1) is 15.9 Å². The van der Waals surface area contributed by atoms with E-state index in [0.29, 0.717) is 10.5 Å². The van der Waals surface area contributed by atoms with Crippen LogP contribution < -0.4 is 10.1 Å². The number of anilines is 1. The molecule has 2 aromatic rings. The number of nitro benzene ring substituents is 1. The van der Waals surface area contributed by atoms with Crippen molar-refractivity contribution in [1.29, 1.82) is 0 Å². The maximum Gasteiger partial charge on any atom is 0.418 e. The molecule has 1 N–H and O–H groups in total. The number of ether oxygens (including phenoxy) is 1. The molecule has 0 aromatic heterocycles. The number of nitrogens with one attached hydrogen (secondary N) is 1. The van der Waals surface area contributed by atoms with Crippen molar-refractivity contribution in [3.05, 3.63) is 62.4 Å². The summed E-state index contributed by atoms with van der Waals surface area (Å²) in [6.45, 7) is 1.22. The summed E-state index contributed by atoms with van der Waals surface area (Å²) in [5, 5.41) is 12.7. The van der Waals surface area contributed by atoms with Gasteiger partial charge in [0.2, 0.25) is 0 Å². The summed E-state index contributed by atoms with van der Waals surface area (Å²) in [5.41, 5.74) is -2.83. The summed E-state index contributed by atoms with van der Waals surface area (Å²) in [7, 11) is 0. The molecule has 0 saturated carbocycles. The number of amides is 1. The van der Waals surface area contributed by atoms with Crippen LogP contribution in [0.2, 0.25) is 0 Å². The number of non-ortho nitro benzene ring substituents is 1. The molecule has 0 aliphatic carbocycles. The molecule has 0 unspecified atom stereocenters. The van der Waals surface area contributed by atoms with Gasteiger partial charge in [-0.3, -0.25) is 14.9 Å². The lowest BCUT2D eigenvalue weighted by Gasteiger charge is -2.17. The van der Waals surface area contributed by atoms with Crippen LogP contribution in [0.4, 0.5) is 28.9 Å². The molecule has 1 atom stereocenters. The van der Waals surface area contributed by atoms with Gasteiger partial charge in [0, 0.05) is 16.6 Å². The Kier molecular flexibility index (Phi) is 6.04. The lowest BCUT2D eigenvalue weighted by molar-refractivity contribution is -0.385. The maximum absolute atomic E-state index is 13.7. The Morgan fingerprint density at radius 2 is 1.93 bits per heavy atom. The molecule has 144 valence electrons. The van der Waals surface area contributed by atoms with Crippen LogP contribution in [0.3, 0.4) is 0 Å². The molecule has 11 heteroatoms. The van der Waals surface area contributed by atoms with Crippen LogP contribution in [-0.2, 0) is 11.0 Å². The van der Waals surface area contributed by atoms with Crippen LogP contribution in [0.25, 0.3) is 0 Å². The molecule has 27 heavy (non-hydrogen) atoms. The third-order valence-corrected chi connectivity index (χ3v) is 3.84. The number of benzene rings is 2. The van der Waals surface area contributed by atoms with E-state index < -0.39 is 45.9 Å². The standard InChI is InChI=1S/C16H11BrF4N2O4/c1-8(27-14-5-2-9(17)6-12(14)18)15(24)22-13-4-3-10(23(25)26)7-11(13)16(19,20)21/h2-8H,1H3,(H,22,24)/t8-/m0/s1. The number of hydrogen-bond donors (Lipinski definition) is 1. The van der Waals surface area contributed by atoms with Crippen molar-refractivity contribution in [2.45, 2.75) is 19.2 Å². The first-order valence-corrected chi connectivity index (χ1v) is 8.06. The molecular formula is C16H11BrF4N2O4. The van der Waals surface area contributed by atoms with E-state index in [1.807, 2.05) is 5.32 Å². The van der Waals surface area contributed by atoms with Crippen LogP contribution in [0.1, 0.15) is 12.5 Å². The van der Waals surface area contributed by atoms with Crippen molar-refractivity contribution in [2.75, 3.05) is 5.32 Å². The Labute approximate surface area is 158 Å². The quantitative estimate of drug-likeness (QED) is 0.398. The first-order valence-electron chi connectivity index (χ1n) is 7.27. The van der Waals surface area contributed by atoms with Gasteiger partial charge in [0.05, 0.1) is 16.2 Å². The summed E-state index contributed by atoms with van der Waals surface area (Å²) in [5.74, 6) is -2.02. The predicted molar refractivity (Wildman–Crippen MR) is 90.9 cm³/mol. The summed E-state index contributed by atoms with van der Waals surface area (Å²) in [4.78, 5) is 21.8. The molecule has 0 aliphatic rings. The fourth-order valence-electron chi connectivity index (χ4n) is 2.04. The molecule has 0 aliphatic heterocycles. The van der Waals surface area contributed by atoms with Gasteiger partial charge in [0.1, 0.15) is 0 Å². The number of nitrogens with zero attached hydrogens (tertiary/aromatic N) is 1. The smallest absolute Gasteiger partial charge is 0.418 e. The molecule has 0 fully saturated rings. The average Bonchev–Trinajstić information content (AvgIpc) is 2.56. The normalized spacial score (nSPS) is 12.4. The number of nitro groups is 1. The second-order valence-electron chi connectivity index (χ2n) is 5.31. The molecule has 2 rings (SSSR count). The second-order valence-corrected chi connectivity index (χ2v) is 6.22. The fraction of sp³-hybridized carbons (Fsp3) is 0.188. The van der Waals surface area contributed by atoms with Crippen molar-refractivity contribution in [1.82, 2.24) is 0 Å². The summed E-state index contributed by atoms with van der Waals surface area (Å²) >= 11 is 3.05. The van der Waals surface area contributed by atoms with E-state index in [4.69, 9.17) is 4.74 Å². The van der Waals surface area contributed by atoms with Gasteiger partial charge < -0.3 is 10.1 Å². The molecule has 0 spiro atoms. The van der Waals surface area contributed by atoms with E-state index in [1.165, 1.54) is 19.1 Å². The molecule has 0 saturated heterocycles. The zero-order chi connectivity index (χ0) is 20.4.